The SMILES string of the molecule is CC1(C)C=C2NN(c3ccccc3)[P@@](=O)(OC[C@H]3CCCO3)C2=C([NH+]2CCCCC2)C1. The lowest BCUT2D eigenvalue weighted by Gasteiger charge is -2.34. The molecule has 2 atom stereocenters. The lowest BCUT2D eigenvalue weighted by atomic mass is 9.82. The number of allylic oxidation sites excluding steroid dienone is 3. The number of ether oxygens (including phenoxy) is 1. The minimum absolute atomic E-state index is 0.0116. The van der Waals surface area contributed by atoms with E-state index in [0.29, 0.717) is 6.61 Å². The second kappa shape index (κ2) is 8.40. The van der Waals surface area contributed by atoms with E-state index in [1.165, 1.54) is 29.9 Å². The number of hydrazine groups is 1. The molecule has 0 amide bonds. The summed E-state index contributed by atoms with van der Waals surface area (Å²) in [5.74, 6) is 0. The summed E-state index contributed by atoms with van der Waals surface area (Å²) < 4.78 is 28.8. The molecule has 7 heteroatoms. The van der Waals surface area contributed by atoms with Crippen LogP contribution in [-0.2, 0) is 13.8 Å². The highest BCUT2D eigenvalue weighted by Crippen LogP contribution is 2.67. The van der Waals surface area contributed by atoms with Gasteiger partial charge in [-0.1, -0.05) is 38.1 Å². The third-order valence-corrected chi connectivity index (χ3v) is 9.26. The van der Waals surface area contributed by atoms with E-state index in [9.17, 15) is 4.57 Å². The van der Waals surface area contributed by atoms with Gasteiger partial charge in [0.15, 0.2) is 0 Å². The Hall–Kier alpha value is -1.59. The first-order chi connectivity index (χ1) is 15.0. The van der Waals surface area contributed by atoms with E-state index in [0.717, 1.165) is 55.7 Å². The highest BCUT2D eigenvalue weighted by atomic mass is 31.2. The van der Waals surface area contributed by atoms with Crippen molar-refractivity contribution in [2.45, 2.75) is 58.5 Å². The molecule has 0 unspecified atom stereocenters. The summed E-state index contributed by atoms with van der Waals surface area (Å²) in [7, 11) is -3.33. The van der Waals surface area contributed by atoms with Gasteiger partial charge < -0.3 is 14.2 Å². The van der Waals surface area contributed by atoms with Crippen molar-refractivity contribution in [2.24, 2.45) is 5.41 Å². The quantitative estimate of drug-likeness (QED) is 0.673. The van der Waals surface area contributed by atoms with Crippen LogP contribution in [0.4, 0.5) is 5.69 Å². The molecule has 0 saturated carbocycles. The van der Waals surface area contributed by atoms with Gasteiger partial charge in [0.25, 0.3) is 0 Å². The van der Waals surface area contributed by atoms with Gasteiger partial charge in [0, 0.05) is 13.0 Å². The summed E-state index contributed by atoms with van der Waals surface area (Å²) in [5.41, 5.74) is 6.62. The number of nitrogens with one attached hydrogen (secondary N) is 2. The van der Waals surface area contributed by atoms with Gasteiger partial charge in [-0.25, -0.2) is 4.78 Å². The highest BCUT2D eigenvalue weighted by Gasteiger charge is 2.53. The van der Waals surface area contributed by atoms with Crippen molar-refractivity contribution in [3.8, 4) is 0 Å². The number of piperidine rings is 1. The second-order valence-electron chi connectivity index (χ2n) is 9.93. The van der Waals surface area contributed by atoms with Crippen LogP contribution in [0, 0.1) is 5.41 Å². The standard InChI is InChI=1S/C24H34N3O3P/c1-24(2)16-21-23(22(17-24)26-13-7-4-8-14-26)31(28,30-18-20-12-9-15-29-20)27(25-21)19-10-5-3-6-11-19/h3,5-6,10-11,16,20,25H,4,7-9,12-15,17-18H2,1-2H3/p+1/t20-,31+/m1/s1. The lowest BCUT2D eigenvalue weighted by Crippen LogP contribution is -3.11. The van der Waals surface area contributed by atoms with E-state index in [1.54, 1.807) is 4.78 Å². The fraction of sp³-hybridized carbons (Fsp3) is 0.583. The summed E-state index contributed by atoms with van der Waals surface area (Å²) >= 11 is 0. The monoisotopic (exact) mass is 444 g/mol. The average Bonchev–Trinajstić information content (AvgIpc) is 3.39. The first-order valence-electron chi connectivity index (χ1n) is 11.8. The van der Waals surface area contributed by atoms with Crippen LogP contribution in [0.5, 0.6) is 0 Å². The lowest BCUT2D eigenvalue weighted by molar-refractivity contribution is -0.868. The third kappa shape index (κ3) is 4.11. The average molecular weight is 445 g/mol. The second-order valence-corrected chi connectivity index (χ2v) is 12.1. The molecule has 0 radical (unpaired) electrons. The zero-order valence-corrected chi connectivity index (χ0v) is 19.6. The van der Waals surface area contributed by atoms with Gasteiger partial charge in [0.2, 0.25) is 0 Å². The number of para-hydroxylation sites is 1. The highest BCUT2D eigenvalue weighted by molar-refractivity contribution is 7.65. The molecule has 2 N–H and O–H groups in total. The summed E-state index contributed by atoms with van der Waals surface area (Å²) in [6.45, 7) is 7.89. The van der Waals surface area contributed by atoms with Crippen molar-refractivity contribution in [1.29, 1.82) is 0 Å². The largest absolute Gasteiger partial charge is 0.376 e. The molecule has 3 aliphatic heterocycles. The van der Waals surface area contributed by atoms with Crippen molar-refractivity contribution in [2.75, 3.05) is 31.1 Å². The molecule has 168 valence electrons. The van der Waals surface area contributed by atoms with Crippen LogP contribution in [0.15, 0.2) is 53.1 Å². The minimum atomic E-state index is -3.33. The Morgan fingerprint density at radius 1 is 1.19 bits per heavy atom. The van der Waals surface area contributed by atoms with Crippen LogP contribution in [-0.4, -0.2) is 32.4 Å². The third-order valence-electron chi connectivity index (χ3n) is 6.82. The van der Waals surface area contributed by atoms with Crippen molar-refractivity contribution in [1.82, 2.24) is 5.43 Å². The van der Waals surface area contributed by atoms with Gasteiger partial charge in [-0.2, -0.15) is 0 Å². The van der Waals surface area contributed by atoms with E-state index in [1.807, 2.05) is 30.3 Å². The summed E-state index contributed by atoms with van der Waals surface area (Å²) in [6.07, 6.45) is 8.95. The van der Waals surface area contributed by atoms with Crippen LogP contribution in [0.3, 0.4) is 0 Å². The molecular weight excluding hydrogens is 409 g/mol. The molecule has 0 spiro atoms. The minimum Gasteiger partial charge on any atom is -0.376 e. The molecule has 1 aromatic rings. The number of quaternary nitrogens is 1. The van der Waals surface area contributed by atoms with Crippen LogP contribution in [0.25, 0.3) is 0 Å². The normalized spacial score (nSPS) is 30.8. The van der Waals surface area contributed by atoms with Crippen molar-refractivity contribution in [3.63, 3.8) is 0 Å². The zero-order chi connectivity index (χ0) is 21.5. The summed E-state index contributed by atoms with van der Waals surface area (Å²) in [5, 5.41) is 0.908. The first kappa shape index (κ1) is 21.3. The first-order valence-corrected chi connectivity index (χ1v) is 13.3. The number of benzene rings is 1. The van der Waals surface area contributed by atoms with Gasteiger partial charge in [0.05, 0.1) is 37.2 Å². The van der Waals surface area contributed by atoms with Crippen LogP contribution in [0.2, 0.25) is 0 Å². The Morgan fingerprint density at radius 3 is 2.68 bits per heavy atom. The topological polar surface area (TPSA) is 55.2 Å². The molecule has 3 saturated heterocycles. The number of nitrogens with zero attached hydrogens (tertiary/aromatic N) is 1. The van der Waals surface area contributed by atoms with Crippen molar-refractivity contribution >= 4 is 13.2 Å². The number of anilines is 1. The molecular formula is C24H35N3O3P+. The molecule has 1 aliphatic carbocycles. The molecule has 3 fully saturated rings. The predicted molar refractivity (Wildman–Crippen MR) is 123 cm³/mol. The maximum Gasteiger partial charge on any atom is 0.352 e. The van der Waals surface area contributed by atoms with E-state index >= 15 is 0 Å². The van der Waals surface area contributed by atoms with Crippen LogP contribution < -0.4 is 15.1 Å². The van der Waals surface area contributed by atoms with E-state index in [4.69, 9.17) is 9.26 Å². The number of hydrogen-bond donors (Lipinski definition) is 2. The molecule has 3 heterocycles. The number of likely N-dealkylation sites (tertiary alicyclic amines) is 1. The summed E-state index contributed by atoms with van der Waals surface area (Å²) in [6, 6.07) is 9.92. The summed E-state index contributed by atoms with van der Waals surface area (Å²) in [4.78, 5) is 1.48. The smallest absolute Gasteiger partial charge is 0.352 e. The van der Waals surface area contributed by atoms with Gasteiger partial charge in [-0.3, -0.25) is 9.99 Å². The molecule has 31 heavy (non-hydrogen) atoms. The van der Waals surface area contributed by atoms with Crippen molar-refractivity contribution in [3.05, 3.63) is 53.1 Å². The molecule has 1 aromatic carbocycles. The van der Waals surface area contributed by atoms with Gasteiger partial charge in [-0.15, -0.1) is 0 Å². The Morgan fingerprint density at radius 2 is 1.97 bits per heavy atom. The molecule has 0 bridgehead atoms. The van der Waals surface area contributed by atoms with E-state index in [2.05, 4.69) is 25.3 Å². The fourth-order valence-electron chi connectivity index (χ4n) is 5.34. The number of fused-ring (bicyclic) bond motifs is 1. The molecule has 4 aliphatic rings. The number of rotatable bonds is 5. The molecule has 0 aromatic heterocycles. The van der Waals surface area contributed by atoms with Crippen LogP contribution in [0.1, 0.15) is 52.4 Å². The van der Waals surface area contributed by atoms with Gasteiger partial charge >= 0.3 is 7.52 Å². The molecule has 6 nitrogen and oxygen atoms in total. The van der Waals surface area contributed by atoms with Gasteiger partial charge in [0.1, 0.15) is 11.0 Å². The van der Waals surface area contributed by atoms with Crippen LogP contribution >= 0.6 is 7.52 Å². The Kier molecular flexibility index (Phi) is 5.76. The number of hydrogen-bond acceptors (Lipinski definition) is 4. The maximum absolute atomic E-state index is 14.8. The predicted octanol–water partition coefficient (Wildman–Crippen LogP) is 3.99. The van der Waals surface area contributed by atoms with Crippen molar-refractivity contribution < 1.29 is 18.7 Å². The molecule has 5 rings (SSSR count). The Bertz CT molecular complexity index is 915. The zero-order valence-electron chi connectivity index (χ0n) is 18.7. The Labute approximate surface area is 185 Å². The Balaban J connectivity index is 1.59. The maximum atomic E-state index is 14.8. The van der Waals surface area contributed by atoms with Gasteiger partial charge in [-0.05, 0) is 49.7 Å². The van der Waals surface area contributed by atoms with E-state index in [-0.39, 0.29) is 11.5 Å². The van der Waals surface area contributed by atoms with E-state index < -0.39 is 7.52 Å². The fourth-order valence-corrected chi connectivity index (χ4v) is 7.83.